The maximum Gasteiger partial charge on any atom is 0.319 e. The predicted molar refractivity (Wildman–Crippen MR) is 494 cm³/mol. The van der Waals surface area contributed by atoms with Crippen LogP contribution >= 0.6 is 0 Å². The zero-order valence-corrected chi connectivity index (χ0v) is 75.5. The van der Waals surface area contributed by atoms with Crippen molar-refractivity contribution >= 4 is 52.8 Å². The first-order valence-electron chi connectivity index (χ1n) is 48.4. The molecule has 1 aliphatic rings. The van der Waals surface area contributed by atoms with Gasteiger partial charge in [-0.3, -0.25) is 4.79 Å². The highest BCUT2D eigenvalue weighted by atomic mass is 16.5. The van der Waals surface area contributed by atoms with Crippen LogP contribution in [0.2, 0.25) is 0 Å². The monoisotopic (exact) mass is 1640 g/mol. The molecule has 8 amide bonds. The average Bonchev–Trinajstić information content (AvgIpc) is 0.772. The van der Waals surface area contributed by atoms with Crippen LogP contribution in [0.25, 0.3) is 0 Å². The van der Waals surface area contributed by atoms with Gasteiger partial charge in [0.05, 0.1) is 26.4 Å². The van der Waals surface area contributed by atoms with Crippen molar-refractivity contribution in [3.05, 3.63) is 93.0 Å². The van der Waals surface area contributed by atoms with E-state index in [1.807, 2.05) is 48.5 Å². The van der Waals surface area contributed by atoms with E-state index in [4.69, 9.17) is 18.9 Å². The fourth-order valence-corrected chi connectivity index (χ4v) is 16.1. The molecule has 18 heteroatoms. The van der Waals surface area contributed by atoms with E-state index < -0.39 is 5.97 Å². The summed E-state index contributed by atoms with van der Waals surface area (Å²) in [6, 6.07) is 15.0. The number of rotatable bonds is 69. The van der Waals surface area contributed by atoms with Gasteiger partial charge in [-0.15, -0.1) is 0 Å². The van der Waals surface area contributed by atoms with E-state index in [1.54, 1.807) is 0 Å². The number of amides is 8. The van der Waals surface area contributed by atoms with Gasteiger partial charge >= 0.3 is 30.1 Å². The summed E-state index contributed by atoms with van der Waals surface area (Å²) in [6.07, 6.45) is 58.6. The van der Waals surface area contributed by atoms with E-state index in [-0.39, 0.29) is 56.2 Å². The van der Waals surface area contributed by atoms with E-state index in [0.29, 0.717) is 105 Å². The van der Waals surface area contributed by atoms with Crippen molar-refractivity contribution in [2.75, 3.05) is 73.9 Å². The topological polar surface area (TPSA) is 239 Å². The summed E-state index contributed by atoms with van der Waals surface area (Å²) in [4.78, 5) is 68.9. The Hall–Kier alpha value is -7.37. The number of aliphatic carboxylic acids is 1. The molecule has 0 aliphatic heterocycles. The van der Waals surface area contributed by atoms with E-state index in [2.05, 4.69) is 91.0 Å². The zero-order chi connectivity index (χ0) is 84.5. The smallest absolute Gasteiger partial charge is 0.319 e. The van der Waals surface area contributed by atoms with Crippen molar-refractivity contribution in [2.24, 2.45) is 0 Å². The maximum atomic E-state index is 14.5. The molecule has 0 saturated heterocycles. The molecule has 0 atom stereocenters. The van der Waals surface area contributed by atoms with Crippen molar-refractivity contribution in [2.45, 2.75) is 408 Å². The van der Waals surface area contributed by atoms with Gasteiger partial charge < -0.3 is 66.6 Å². The van der Waals surface area contributed by atoms with Gasteiger partial charge in [-0.25, -0.2) is 19.2 Å². The van der Waals surface area contributed by atoms with Gasteiger partial charge in [0.1, 0.15) is 23.0 Å². The van der Waals surface area contributed by atoms with Crippen LogP contribution in [0, 0.1) is 0 Å². The quantitative estimate of drug-likeness (QED) is 0.0167. The van der Waals surface area contributed by atoms with Gasteiger partial charge in [0.2, 0.25) is 0 Å². The van der Waals surface area contributed by atoms with Gasteiger partial charge in [0.15, 0.2) is 0 Å². The van der Waals surface area contributed by atoms with Gasteiger partial charge in [0, 0.05) is 126 Å². The molecule has 666 valence electrons. The van der Waals surface area contributed by atoms with Crippen molar-refractivity contribution in [1.82, 2.24) is 21.3 Å². The van der Waals surface area contributed by atoms with E-state index in [0.717, 1.165) is 186 Å². The highest BCUT2D eigenvalue weighted by molar-refractivity contribution is 5.92. The minimum Gasteiger partial charge on any atom is -0.493 e. The Balaban J connectivity index is 1.72. The minimum absolute atomic E-state index is 0.204. The Labute approximate surface area is 716 Å². The number of benzene rings is 4. The number of fused-ring (bicyclic) bond motifs is 8. The fraction of sp³-hybridized carbons (Fsp3) is 0.710. The molecule has 0 aromatic heterocycles. The van der Waals surface area contributed by atoms with Crippen LogP contribution < -0.4 is 61.5 Å². The van der Waals surface area contributed by atoms with Gasteiger partial charge in [0.25, 0.3) is 0 Å². The number of carboxylic acid groups (broad SMARTS) is 1. The lowest BCUT2D eigenvalue weighted by Crippen LogP contribution is -2.30. The first kappa shape index (κ1) is 101. The molecular formula is C100H166N8O10. The van der Waals surface area contributed by atoms with E-state index >= 15 is 0 Å². The number of carboxylic acids is 1. The summed E-state index contributed by atoms with van der Waals surface area (Å²) in [5.41, 5.74) is 8.72. The Morgan fingerprint density at radius 3 is 0.610 bits per heavy atom. The molecule has 0 unspecified atom stereocenters. The third-order valence-electron chi connectivity index (χ3n) is 22.7. The third kappa shape index (κ3) is 45.3. The lowest BCUT2D eigenvalue weighted by atomic mass is 9.90. The van der Waals surface area contributed by atoms with E-state index in [9.17, 15) is 29.1 Å². The number of nitrogens with one attached hydrogen (secondary N) is 8. The number of unbranched alkanes of at least 4 members (excludes halogenated alkanes) is 43. The van der Waals surface area contributed by atoms with Gasteiger partial charge in [-0.2, -0.15) is 0 Å². The number of urea groups is 4. The molecule has 5 rings (SSSR count). The van der Waals surface area contributed by atoms with E-state index in [1.165, 1.54) is 180 Å². The lowest BCUT2D eigenvalue weighted by molar-refractivity contribution is -0.137. The number of carbonyl (C=O) groups is 5. The molecule has 0 saturated carbocycles. The number of carbonyl (C=O) groups excluding carboxylic acids is 4. The maximum absolute atomic E-state index is 14.5. The molecule has 18 nitrogen and oxygen atoms in total. The molecule has 4 aromatic carbocycles. The van der Waals surface area contributed by atoms with Crippen LogP contribution in [-0.4, -0.2) is 87.8 Å². The summed E-state index contributed by atoms with van der Waals surface area (Å²) in [5.74, 6) is 1.90. The van der Waals surface area contributed by atoms with Crippen molar-refractivity contribution < 1.29 is 48.0 Å². The fourth-order valence-electron chi connectivity index (χ4n) is 16.1. The second kappa shape index (κ2) is 66.4. The number of anilines is 4. The molecular weight excluding hydrogens is 1470 g/mol. The zero-order valence-electron chi connectivity index (χ0n) is 75.5. The van der Waals surface area contributed by atoms with Crippen LogP contribution in [0.15, 0.2) is 48.5 Å². The van der Waals surface area contributed by atoms with Crippen LogP contribution in [0.1, 0.15) is 427 Å². The van der Waals surface area contributed by atoms with Crippen molar-refractivity contribution in [1.29, 1.82) is 0 Å². The molecule has 118 heavy (non-hydrogen) atoms. The van der Waals surface area contributed by atoms with Crippen LogP contribution in [0.4, 0.5) is 41.9 Å². The molecule has 0 heterocycles. The highest BCUT2D eigenvalue weighted by Gasteiger charge is 2.27. The molecule has 0 spiro atoms. The average molecular weight is 1640 g/mol. The largest absolute Gasteiger partial charge is 0.493 e. The molecule has 9 N–H and O–H groups in total. The van der Waals surface area contributed by atoms with Crippen LogP contribution in [0.5, 0.6) is 23.0 Å². The summed E-state index contributed by atoms with van der Waals surface area (Å²) >= 11 is 0. The standard InChI is InChI=1S/C100H166N8O10/c1-8-15-19-23-27-31-36-42-48-54-60-101-97(111)105-88-72-80-68-82-74-89(106-98(112)102-61-55-49-43-37-32-28-24-20-16-9-2)76-84(94(82)116-65-13-6)70-86-78-91(108-100(114)104-63-57-51-45-39-34-30-26-22-18-11-4)79-87(96(86)118-67-58-52-46-40-35-41-47-53-59-92(109)110)71-85-77-90(107-99(113)103-62-56-50-44-38-33-29-25-21-17-10-3)75-83(95(85)117-66-14-7)69-81(73-88)93(80)115-64-12-5/h72-79H,8-71H2,1-7H3,(H,109,110)(H2,101,105,111)(H2,102,106,112)(H2,103,107,113)(H2,104,108,114). The molecule has 0 radical (unpaired) electrons. The molecule has 0 fully saturated rings. The highest BCUT2D eigenvalue weighted by Crippen LogP contribution is 2.43. The van der Waals surface area contributed by atoms with Crippen LogP contribution in [-0.2, 0) is 30.5 Å². The Morgan fingerprint density at radius 2 is 0.415 bits per heavy atom. The molecule has 4 aromatic rings. The second-order valence-corrected chi connectivity index (χ2v) is 33.8. The van der Waals surface area contributed by atoms with Crippen molar-refractivity contribution in [3.8, 4) is 23.0 Å². The minimum atomic E-state index is -0.746. The Kier molecular flexibility index (Phi) is 56.9. The SMILES string of the molecule is CCCCCCCCCCCCNC(=O)Nc1cc2c(OCCC)c(c1)Cc1cc(NC(=O)NCCCCCCCCCCCC)cc(c1OCCC)Cc1cc(NC(=O)NCCCCCCCCCCCC)cc(c1OCCCCCCCCCCC(=O)O)Cc1cc(NC(=O)NCCCCCCCCCCCC)cc(c1OCCC)C2. The Morgan fingerprint density at radius 1 is 0.237 bits per heavy atom. The number of hydrogen-bond acceptors (Lipinski definition) is 9. The summed E-state index contributed by atoms with van der Waals surface area (Å²) in [7, 11) is 0. The first-order valence-corrected chi connectivity index (χ1v) is 48.4. The van der Waals surface area contributed by atoms with Gasteiger partial charge in [-0.05, 0) is 106 Å². The first-order chi connectivity index (χ1) is 57.8. The summed E-state index contributed by atoms with van der Waals surface area (Å²) in [5, 5.41) is 35.2. The van der Waals surface area contributed by atoms with Crippen LogP contribution in [0.3, 0.4) is 0 Å². The molecule has 8 bridgehead atoms. The van der Waals surface area contributed by atoms with Gasteiger partial charge in [-0.1, -0.05) is 318 Å². The summed E-state index contributed by atoms with van der Waals surface area (Å²) in [6.45, 7) is 19.1. The second-order valence-electron chi connectivity index (χ2n) is 33.8. The summed E-state index contributed by atoms with van der Waals surface area (Å²) < 4.78 is 28.6. The lowest BCUT2D eigenvalue weighted by Gasteiger charge is -2.25. The molecule has 1 aliphatic carbocycles. The van der Waals surface area contributed by atoms with Crippen molar-refractivity contribution in [3.63, 3.8) is 0 Å². The third-order valence-corrected chi connectivity index (χ3v) is 22.7. The number of ether oxygens (including phenoxy) is 4. The predicted octanol–water partition coefficient (Wildman–Crippen LogP) is 27.9. The number of hydrogen-bond donors (Lipinski definition) is 9. The Bertz CT molecular complexity index is 3210. The normalized spacial score (nSPS) is 11.8.